The molecule has 7 heteroatoms. The Morgan fingerprint density at radius 2 is 1.70 bits per heavy atom. The lowest BCUT2D eigenvalue weighted by atomic mass is 10.1. The molecule has 0 aromatic rings. The van der Waals surface area contributed by atoms with E-state index < -0.39 is 0 Å². The molecule has 0 aliphatic heterocycles. The average molecular weight is 435 g/mol. The fraction of sp³-hybridized carbons (Fsp3) is 0.957. The molecular weight excluding hydrogens is 384 g/mol. The first-order chi connectivity index (χ1) is 14.2. The zero-order valence-corrected chi connectivity index (χ0v) is 20.8. The van der Waals surface area contributed by atoms with Gasteiger partial charge in [0.2, 0.25) is 5.91 Å². The number of hydrogen-bond donors (Lipinski definition) is 2. The highest BCUT2D eigenvalue weighted by Gasteiger charge is 2.18. The van der Waals surface area contributed by atoms with Crippen LogP contribution in [0.1, 0.15) is 67.2 Å². The Morgan fingerprint density at radius 1 is 1.07 bits per heavy atom. The predicted molar refractivity (Wildman–Crippen MR) is 124 cm³/mol. The second-order valence-corrected chi connectivity index (χ2v) is 8.50. The summed E-state index contributed by atoms with van der Waals surface area (Å²) in [4.78, 5) is 13.4. The minimum Gasteiger partial charge on any atom is -0.396 e. The molecule has 0 aromatic heterocycles. The van der Waals surface area contributed by atoms with Gasteiger partial charge in [-0.15, -0.1) is 0 Å². The second kappa shape index (κ2) is 21.5. The number of aliphatic hydroxyl groups is 1. The van der Waals surface area contributed by atoms with Crippen molar-refractivity contribution in [2.75, 3.05) is 66.3 Å². The Bertz CT molecular complexity index is 373. The largest absolute Gasteiger partial charge is 0.396 e. The number of nitrogens with zero attached hydrogens (tertiary/aromatic N) is 1. The van der Waals surface area contributed by atoms with Crippen molar-refractivity contribution >= 4 is 5.91 Å². The number of hydrogen-bond acceptors (Lipinski definition) is 6. The van der Waals surface area contributed by atoms with Gasteiger partial charge in [0.15, 0.2) is 0 Å². The molecule has 0 aromatic carbocycles. The van der Waals surface area contributed by atoms with Crippen LogP contribution in [0.15, 0.2) is 0 Å². The van der Waals surface area contributed by atoms with Crippen LogP contribution in [0.25, 0.3) is 0 Å². The number of rotatable bonds is 18. The number of ether oxygens (including phenoxy) is 3. The Kier molecular flexibility index (Phi) is 22.5. The van der Waals surface area contributed by atoms with Gasteiger partial charge >= 0.3 is 0 Å². The molecule has 0 aliphatic carbocycles. The van der Waals surface area contributed by atoms with E-state index in [-0.39, 0.29) is 24.5 Å². The molecule has 0 aliphatic rings. The van der Waals surface area contributed by atoms with Crippen LogP contribution in [0.4, 0.5) is 0 Å². The van der Waals surface area contributed by atoms with Crippen molar-refractivity contribution in [3.63, 3.8) is 0 Å². The van der Waals surface area contributed by atoms with Crippen LogP contribution < -0.4 is 5.32 Å². The van der Waals surface area contributed by atoms with Gasteiger partial charge in [-0.05, 0) is 52.1 Å². The van der Waals surface area contributed by atoms with Gasteiger partial charge in [0.05, 0.1) is 32.0 Å². The molecule has 0 atom stereocenters. The fourth-order valence-electron chi connectivity index (χ4n) is 2.58. The molecule has 182 valence electrons. The van der Waals surface area contributed by atoms with Gasteiger partial charge in [-0.2, -0.15) is 0 Å². The molecule has 0 fully saturated rings. The van der Waals surface area contributed by atoms with E-state index in [1.165, 1.54) is 0 Å². The highest BCUT2D eigenvalue weighted by Crippen LogP contribution is 2.11. The lowest BCUT2D eigenvalue weighted by Gasteiger charge is -2.25. The molecule has 0 rings (SSSR count). The Labute approximate surface area is 185 Å². The van der Waals surface area contributed by atoms with Crippen LogP contribution in [-0.4, -0.2) is 87.8 Å². The topological polar surface area (TPSA) is 80.3 Å². The number of amides is 1. The maximum absolute atomic E-state index is 11.1. The molecule has 0 spiro atoms. The Morgan fingerprint density at radius 3 is 2.20 bits per heavy atom. The van der Waals surface area contributed by atoms with Gasteiger partial charge in [-0.3, -0.25) is 4.79 Å². The molecule has 30 heavy (non-hydrogen) atoms. The molecule has 1 amide bonds. The van der Waals surface area contributed by atoms with Gasteiger partial charge < -0.3 is 29.5 Å². The molecule has 2 N–H and O–H groups in total. The van der Waals surface area contributed by atoms with E-state index in [1.54, 1.807) is 7.11 Å². The van der Waals surface area contributed by atoms with Crippen molar-refractivity contribution < 1.29 is 24.1 Å². The lowest BCUT2D eigenvalue weighted by Crippen LogP contribution is -2.36. The first-order valence-electron chi connectivity index (χ1n) is 11.5. The third-order valence-electron chi connectivity index (χ3n) is 4.24. The van der Waals surface area contributed by atoms with Crippen molar-refractivity contribution in [2.24, 2.45) is 5.92 Å². The highest BCUT2D eigenvalue weighted by atomic mass is 16.6. The van der Waals surface area contributed by atoms with Crippen molar-refractivity contribution in [1.82, 2.24) is 10.2 Å². The van der Waals surface area contributed by atoms with Crippen LogP contribution >= 0.6 is 0 Å². The summed E-state index contributed by atoms with van der Waals surface area (Å²) < 4.78 is 16.1. The van der Waals surface area contributed by atoms with Crippen molar-refractivity contribution in [1.29, 1.82) is 0 Å². The number of aliphatic hydroxyl groups excluding tert-OH is 1. The first kappa shape index (κ1) is 31.5. The minimum atomic E-state index is -0.192. The van der Waals surface area contributed by atoms with Crippen molar-refractivity contribution in [3.05, 3.63) is 0 Å². The number of carbonyl (C=O) groups excluding carboxylic acids is 1. The molecule has 0 radical (unpaired) electrons. The summed E-state index contributed by atoms with van der Waals surface area (Å²) >= 11 is 0. The van der Waals surface area contributed by atoms with Crippen LogP contribution in [-0.2, 0) is 19.0 Å². The van der Waals surface area contributed by atoms with E-state index in [0.29, 0.717) is 32.3 Å². The van der Waals surface area contributed by atoms with Crippen LogP contribution in [0.5, 0.6) is 0 Å². The second-order valence-electron chi connectivity index (χ2n) is 8.50. The highest BCUT2D eigenvalue weighted by molar-refractivity contribution is 5.75. The third-order valence-corrected chi connectivity index (χ3v) is 4.24. The number of carbonyl (C=O) groups is 1. The van der Waals surface area contributed by atoms with E-state index in [0.717, 1.165) is 45.5 Å². The van der Waals surface area contributed by atoms with Crippen LogP contribution in [0.3, 0.4) is 0 Å². The van der Waals surface area contributed by atoms with Crippen LogP contribution in [0, 0.1) is 5.92 Å². The number of nitrogens with one attached hydrogen (secondary N) is 1. The fourth-order valence-corrected chi connectivity index (χ4v) is 2.58. The molecule has 0 saturated heterocycles. The predicted octanol–water partition coefficient (Wildman–Crippen LogP) is 3.10. The molecule has 0 heterocycles. The SMILES string of the molecule is CCCN(CCC)CCNC(=O)CCO.COCCOCC(C)(C)OCCC(C)C. The number of methoxy groups -OCH3 is 1. The summed E-state index contributed by atoms with van der Waals surface area (Å²) in [5, 5.41) is 11.3. The van der Waals surface area contributed by atoms with Crippen LogP contribution in [0.2, 0.25) is 0 Å². The van der Waals surface area contributed by atoms with Gasteiger partial charge in [-0.25, -0.2) is 0 Å². The lowest BCUT2D eigenvalue weighted by molar-refractivity contribution is -0.121. The summed E-state index contributed by atoms with van der Waals surface area (Å²) in [5.41, 5.74) is -0.192. The Balaban J connectivity index is 0. The summed E-state index contributed by atoms with van der Waals surface area (Å²) in [5.74, 6) is 0.626. The monoisotopic (exact) mass is 434 g/mol. The molecule has 0 saturated carbocycles. The van der Waals surface area contributed by atoms with E-state index in [1.807, 2.05) is 0 Å². The average Bonchev–Trinajstić information content (AvgIpc) is 2.66. The standard InChI is InChI=1S/C12H26O3.C11H24N2O2/c1-11(2)6-7-15-12(3,4)10-14-9-8-13-5;1-3-7-13(8-4-2)9-6-12-11(15)5-10-14/h11H,6-10H2,1-5H3;14H,3-10H2,1-2H3,(H,12,15). The molecule has 0 unspecified atom stereocenters. The van der Waals surface area contributed by atoms with E-state index in [9.17, 15) is 4.79 Å². The quantitative estimate of drug-likeness (QED) is 0.323. The van der Waals surface area contributed by atoms with Crippen molar-refractivity contribution in [2.45, 2.75) is 72.8 Å². The summed E-state index contributed by atoms with van der Waals surface area (Å²) in [7, 11) is 1.67. The zero-order chi connectivity index (χ0) is 23.3. The van der Waals surface area contributed by atoms with Crippen molar-refractivity contribution in [3.8, 4) is 0 Å². The van der Waals surface area contributed by atoms with Gasteiger partial charge in [-0.1, -0.05) is 27.7 Å². The smallest absolute Gasteiger partial charge is 0.222 e. The summed E-state index contributed by atoms with van der Waals surface area (Å²) in [6.45, 7) is 19.2. The first-order valence-corrected chi connectivity index (χ1v) is 11.5. The normalized spacial score (nSPS) is 11.5. The molecular formula is C23H50N2O5. The summed E-state index contributed by atoms with van der Waals surface area (Å²) in [6.07, 6.45) is 3.60. The van der Waals surface area contributed by atoms with Gasteiger partial charge in [0.1, 0.15) is 0 Å². The zero-order valence-electron chi connectivity index (χ0n) is 20.8. The van der Waals surface area contributed by atoms with E-state index in [2.05, 4.69) is 51.8 Å². The Hall–Kier alpha value is -0.730. The third kappa shape index (κ3) is 23.5. The maximum atomic E-state index is 11.1. The summed E-state index contributed by atoms with van der Waals surface area (Å²) in [6, 6.07) is 0. The van der Waals surface area contributed by atoms with E-state index in [4.69, 9.17) is 19.3 Å². The van der Waals surface area contributed by atoms with Gasteiger partial charge in [0.25, 0.3) is 0 Å². The maximum Gasteiger partial charge on any atom is 0.222 e. The van der Waals surface area contributed by atoms with E-state index >= 15 is 0 Å². The molecule has 7 nitrogen and oxygen atoms in total. The van der Waals surface area contributed by atoms with Gasteiger partial charge in [0, 0.05) is 33.2 Å². The molecule has 0 bridgehead atoms. The minimum absolute atomic E-state index is 0.0644.